The van der Waals surface area contributed by atoms with E-state index in [9.17, 15) is 4.79 Å². The van der Waals surface area contributed by atoms with Gasteiger partial charge in [-0.1, -0.05) is 25.1 Å². The number of hydrogen-bond acceptors (Lipinski definition) is 3. The maximum Gasteiger partial charge on any atom is 0.246 e. The Morgan fingerprint density at radius 1 is 1.43 bits per heavy atom. The summed E-state index contributed by atoms with van der Waals surface area (Å²) in [7, 11) is 0. The number of aliphatic hydroxyl groups excluding tert-OH is 1. The van der Waals surface area contributed by atoms with Crippen molar-refractivity contribution in [3.05, 3.63) is 35.9 Å². The zero-order valence-electron chi connectivity index (χ0n) is 12.5. The number of carbonyl (C=O) groups excluding carboxylic acids is 1. The molecule has 4 heteroatoms. The molecule has 1 fully saturated rings. The molecule has 114 valence electrons. The molecule has 0 heterocycles. The van der Waals surface area contributed by atoms with Gasteiger partial charge in [0, 0.05) is 24.2 Å². The molecule has 1 aromatic carbocycles. The fraction of sp³-hybridized carbons (Fsp3) is 0.471. The Kier molecular flexibility index (Phi) is 5.81. The summed E-state index contributed by atoms with van der Waals surface area (Å²) in [5.41, 5.74) is 0.902. The van der Waals surface area contributed by atoms with Gasteiger partial charge in [-0.05, 0) is 31.4 Å². The second kappa shape index (κ2) is 7.84. The number of benzene rings is 1. The van der Waals surface area contributed by atoms with Crippen molar-refractivity contribution in [2.24, 2.45) is 0 Å². The lowest BCUT2D eigenvalue weighted by molar-refractivity contribution is -0.127. The van der Waals surface area contributed by atoms with Gasteiger partial charge in [-0.15, -0.1) is 0 Å². The first kappa shape index (κ1) is 15.6. The van der Waals surface area contributed by atoms with Gasteiger partial charge in [-0.3, -0.25) is 4.79 Å². The first-order valence-corrected chi connectivity index (χ1v) is 7.57. The number of carbonyl (C=O) groups is 1. The van der Waals surface area contributed by atoms with Gasteiger partial charge in [-0.2, -0.15) is 0 Å². The molecule has 0 aromatic heterocycles. The molecule has 0 atom stereocenters. The summed E-state index contributed by atoms with van der Waals surface area (Å²) >= 11 is 0. The molecule has 0 unspecified atom stereocenters. The van der Waals surface area contributed by atoms with Gasteiger partial charge in [0.15, 0.2) is 0 Å². The van der Waals surface area contributed by atoms with Gasteiger partial charge in [0.05, 0.1) is 13.2 Å². The molecule has 0 saturated heterocycles. The SMILES string of the molecule is CCCOc1ccccc1/C=C/C(=O)N(CCO)C1CC1. The molecule has 1 N–H and O–H groups in total. The predicted octanol–water partition coefficient (Wildman–Crippen LogP) is 2.47. The van der Waals surface area contributed by atoms with E-state index in [2.05, 4.69) is 6.92 Å². The second-order valence-electron chi connectivity index (χ2n) is 5.21. The zero-order valence-corrected chi connectivity index (χ0v) is 12.5. The molecule has 0 radical (unpaired) electrons. The maximum atomic E-state index is 12.2. The van der Waals surface area contributed by atoms with Crippen LogP contribution >= 0.6 is 0 Å². The van der Waals surface area contributed by atoms with Gasteiger partial charge in [0.2, 0.25) is 5.91 Å². The van der Waals surface area contributed by atoms with Crippen molar-refractivity contribution < 1.29 is 14.6 Å². The average Bonchev–Trinajstić information content (AvgIpc) is 3.33. The van der Waals surface area contributed by atoms with Crippen LogP contribution in [0, 0.1) is 0 Å². The van der Waals surface area contributed by atoms with Crippen LogP contribution in [0.2, 0.25) is 0 Å². The van der Waals surface area contributed by atoms with Crippen LogP contribution in [0.4, 0.5) is 0 Å². The van der Waals surface area contributed by atoms with E-state index in [1.54, 1.807) is 17.1 Å². The molecule has 0 aliphatic heterocycles. The normalized spacial score (nSPS) is 14.4. The number of rotatable bonds is 8. The minimum atomic E-state index is -0.0446. The van der Waals surface area contributed by atoms with E-state index >= 15 is 0 Å². The van der Waals surface area contributed by atoms with E-state index in [1.165, 1.54) is 0 Å². The summed E-state index contributed by atoms with van der Waals surface area (Å²) in [6.45, 7) is 3.13. The quantitative estimate of drug-likeness (QED) is 0.748. The third kappa shape index (κ3) is 4.60. The Balaban J connectivity index is 2.03. The lowest BCUT2D eigenvalue weighted by Crippen LogP contribution is -2.34. The number of nitrogens with zero attached hydrogens (tertiary/aromatic N) is 1. The van der Waals surface area contributed by atoms with Crippen LogP contribution in [0.5, 0.6) is 5.75 Å². The predicted molar refractivity (Wildman–Crippen MR) is 83.1 cm³/mol. The summed E-state index contributed by atoms with van der Waals surface area (Å²) in [5.74, 6) is 0.750. The van der Waals surface area contributed by atoms with Gasteiger partial charge in [-0.25, -0.2) is 0 Å². The Bertz CT molecular complexity index is 495. The number of para-hydroxylation sites is 1. The largest absolute Gasteiger partial charge is 0.493 e. The summed E-state index contributed by atoms with van der Waals surface area (Å²) in [4.78, 5) is 13.9. The Morgan fingerprint density at radius 2 is 2.19 bits per heavy atom. The molecule has 1 aromatic rings. The second-order valence-corrected chi connectivity index (χ2v) is 5.21. The van der Waals surface area contributed by atoms with Crippen molar-refractivity contribution in [3.8, 4) is 5.75 Å². The molecule has 0 bridgehead atoms. The average molecular weight is 289 g/mol. The third-order valence-corrected chi connectivity index (χ3v) is 3.40. The molecular weight excluding hydrogens is 266 g/mol. The van der Waals surface area contributed by atoms with Crippen LogP contribution in [0.15, 0.2) is 30.3 Å². The van der Waals surface area contributed by atoms with E-state index < -0.39 is 0 Å². The highest BCUT2D eigenvalue weighted by Gasteiger charge is 2.30. The van der Waals surface area contributed by atoms with Crippen LogP contribution in [-0.4, -0.2) is 41.7 Å². The maximum absolute atomic E-state index is 12.2. The molecule has 4 nitrogen and oxygen atoms in total. The number of amides is 1. The Labute approximate surface area is 126 Å². The highest BCUT2D eigenvalue weighted by molar-refractivity contribution is 5.92. The molecule has 2 rings (SSSR count). The Morgan fingerprint density at radius 3 is 2.86 bits per heavy atom. The van der Waals surface area contributed by atoms with Crippen molar-refractivity contribution in [2.75, 3.05) is 19.8 Å². The van der Waals surface area contributed by atoms with Gasteiger partial charge < -0.3 is 14.7 Å². The first-order valence-electron chi connectivity index (χ1n) is 7.57. The van der Waals surface area contributed by atoms with Crippen LogP contribution in [0.1, 0.15) is 31.7 Å². The van der Waals surface area contributed by atoms with Gasteiger partial charge in [0.25, 0.3) is 0 Å². The number of hydrogen-bond donors (Lipinski definition) is 1. The minimum Gasteiger partial charge on any atom is -0.493 e. The van der Waals surface area contributed by atoms with Gasteiger partial charge in [0.1, 0.15) is 5.75 Å². The van der Waals surface area contributed by atoms with Crippen molar-refractivity contribution in [2.45, 2.75) is 32.2 Å². The van der Waals surface area contributed by atoms with Crippen LogP contribution < -0.4 is 4.74 Å². The van der Waals surface area contributed by atoms with E-state index in [1.807, 2.05) is 24.3 Å². The third-order valence-electron chi connectivity index (χ3n) is 3.40. The van der Waals surface area contributed by atoms with E-state index in [0.717, 1.165) is 30.6 Å². The fourth-order valence-corrected chi connectivity index (χ4v) is 2.19. The van der Waals surface area contributed by atoms with E-state index in [4.69, 9.17) is 9.84 Å². The molecule has 1 aliphatic carbocycles. The lowest BCUT2D eigenvalue weighted by atomic mass is 10.2. The monoisotopic (exact) mass is 289 g/mol. The smallest absolute Gasteiger partial charge is 0.246 e. The highest BCUT2D eigenvalue weighted by atomic mass is 16.5. The van der Waals surface area contributed by atoms with Crippen molar-refractivity contribution in [3.63, 3.8) is 0 Å². The molecule has 1 amide bonds. The van der Waals surface area contributed by atoms with Crippen LogP contribution in [0.3, 0.4) is 0 Å². The zero-order chi connectivity index (χ0) is 15.1. The minimum absolute atomic E-state index is 0.00623. The summed E-state index contributed by atoms with van der Waals surface area (Å²) < 4.78 is 5.67. The van der Waals surface area contributed by atoms with Crippen molar-refractivity contribution in [1.82, 2.24) is 4.90 Å². The number of ether oxygens (including phenoxy) is 1. The standard InChI is InChI=1S/C17H23NO3/c1-2-13-21-16-6-4-3-5-14(16)7-10-17(20)18(11-12-19)15-8-9-15/h3-7,10,15,19H,2,8-9,11-13H2,1H3/b10-7+. The van der Waals surface area contributed by atoms with Crippen LogP contribution in [-0.2, 0) is 4.79 Å². The van der Waals surface area contributed by atoms with Gasteiger partial charge >= 0.3 is 0 Å². The molecule has 21 heavy (non-hydrogen) atoms. The highest BCUT2D eigenvalue weighted by Crippen LogP contribution is 2.27. The lowest BCUT2D eigenvalue weighted by Gasteiger charge is -2.19. The van der Waals surface area contributed by atoms with E-state index in [0.29, 0.717) is 19.2 Å². The summed E-state index contributed by atoms with van der Waals surface area (Å²) in [6.07, 6.45) is 6.39. The summed E-state index contributed by atoms with van der Waals surface area (Å²) in [6, 6.07) is 8.00. The Hall–Kier alpha value is -1.81. The molecular formula is C17H23NO3. The molecule has 1 aliphatic rings. The summed E-state index contributed by atoms with van der Waals surface area (Å²) in [5, 5.41) is 9.05. The molecule has 1 saturated carbocycles. The first-order chi connectivity index (χ1) is 10.3. The topological polar surface area (TPSA) is 49.8 Å². The van der Waals surface area contributed by atoms with Crippen molar-refractivity contribution >= 4 is 12.0 Å². The van der Waals surface area contributed by atoms with Crippen molar-refractivity contribution in [1.29, 1.82) is 0 Å². The van der Waals surface area contributed by atoms with E-state index in [-0.39, 0.29) is 12.5 Å². The molecule has 0 spiro atoms. The fourth-order valence-electron chi connectivity index (χ4n) is 2.19. The van der Waals surface area contributed by atoms with Crippen LogP contribution in [0.25, 0.3) is 6.08 Å². The number of aliphatic hydroxyl groups is 1.